The van der Waals surface area contributed by atoms with Gasteiger partial charge in [-0.05, 0) is 47.9 Å². The van der Waals surface area contributed by atoms with E-state index < -0.39 is 10.0 Å². The van der Waals surface area contributed by atoms with Crippen LogP contribution in [-0.2, 0) is 27.0 Å². The molecule has 0 aromatic heterocycles. The first-order chi connectivity index (χ1) is 14.0. The highest BCUT2D eigenvalue weighted by Gasteiger charge is 2.21. The molecule has 3 aromatic carbocycles. The minimum atomic E-state index is -3.74. The van der Waals surface area contributed by atoms with Crippen molar-refractivity contribution in [2.45, 2.75) is 28.4 Å². The van der Waals surface area contributed by atoms with Crippen LogP contribution in [0, 0.1) is 0 Å². The SMILES string of the molecule is O=C1CCc2cc(S(=O)(=O)Nc3ccccc3SCc3ccccc3)ccc2N1. The number of hydrogen-bond acceptors (Lipinski definition) is 4. The summed E-state index contributed by atoms with van der Waals surface area (Å²) < 4.78 is 28.7. The molecule has 0 atom stereocenters. The van der Waals surface area contributed by atoms with Gasteiger partial charge in [0.1, 0.15) is 0 Å². The van der Waals surface area contributed by atoms with Crippen molar-refractivity contribution in [3.05, 3.63) is 83.9 Å². The van der Waals surface area contributed by atoms with Crippen molar-refractivity contribution >= 4 is 39.1 Å². The summed E-state index contributed by atoms with van der Waals surface area (Å²) in [5.41, 5.74) is 3.24. The van der Waals surface area contributed by atoms with Crippen LogP contribution >= 0.6 is 11.8 Å². The summed E-state index contributed by atoms with van der Waals surface area (Å²) in [5.74, 6) is 0.702. The Labute approximate surface area is 174 Å². The molecule has 148 valence electrons. The van der Waals surface area contributed by atoms with E-state index in [0.29, 0.717) is 24.2 Å². The molecule has 7 heteroatoms. The first kappa shape index (κ1) is 19.5. The van der Waals surface area contributed by atoms with Gasteiger partial charge in [0.2, 0.25) is 5.91 Å². The van der Waals surface area contributed by atoms with E-state index in [1.165, 1.54) is 11.6 Å². The van der Waals surface area contributed by atoms with Gasteiger partial charge in [0.05, 0.1) is 10.6 Å². The lowest BCUT2D eigenvalue weighted by atomic mass is 10.0. The fraction of sp³-hybridized carbons (Fsp3) is 0.136. The number of rotatable bonds is 6. The van der Waals surface area contributed by atoms with E-state index in [0.717, 1.165) is 16.2 Å². The fourth-order valence-electron chi connectivity index (χ4n) is 3.14. The number of para-hydroxylation sites is 1. The second kappa shape index (κ2) is 8.31. The number of carbonyl (C=O) groups excluding carboxylic acids is 1. The van der Waals surface area contributed by atoms with Gasteiger partial charge in [-0.3, -0.25) is 9.52 Å². The lowest BCUT2D eigenvalue weighted by Crippen LogP contribution is -2.20. The largest absolute Gasteiger partial charge is 0.326 e. The monoisotopic (exact) mass is 424 g/mol. The predicted octanol–water partition coefficient (Wildman–Crippen LogP) is 4.66. The molecular formula is C22H20N2O3S2. The maximum Gasteiger partial charge on any atom is 0.261 e. The Morgan fingerprint density at radius 1 is 0.931 bits per heavy atom. The summed E-state index contributed by atoms with van der Waals surface area (Å²) in [6.45, 7) is 0. The molecule has 1 heterocycles. The van der Waals surface area contributed by atoms with Crippen LogP contribution in [0.3, 0.4) is 0 Å². The van der Waals surface area contributed by atoms with Gasteiger partial charge in [-0.1, -0.05) is 42.5 Å². The molecule has 3 aromatic rings. The normalized spacial score (nSPS) is 13.4. The topological polar surface area (TPSA) is 75.3 Å². The molecule has 0 saturated heterocycles. The lowest BCUT2D eigenvalue weighted by molar-refractivity contribution is -0.116. The first-order valence-corrected chi connectivity index (χ1v) is 11.7. The predicted molar refractivity (Wildman–Crippen MR) is 117 cm³/mol. The number of hydrogen-bond donors (Lipinski definition) is 2. The third-order valence-electron chi connectivity index (χ3n) is 4.65. The number of nitrogens with one attached hydrogen (secondary N) is 2. The Bertz CT molecular complexity index is 1150. The van der Waals surface area contributed by atoms with Crippen molar-refractivity contribution in [1.29, 1.82) is 0 Å². The number of fused-ring (bicyclic) bond motifs is 1. The summed E-state index contributed by atoms with van der Waals surface area (Å²) >= 11 is 1.58. The first-order valence-electron chi connectivity index (χ1n) is 9.23. The third kappa shape index (κ3) is 4.63. The quantitative estimate of drug-likeness (QED) is 0.564. The number of thioether (sulfide) groups is 1. The molecule has 1 aliphatic rings. The third-order valence-corrected chi connectivity index (χ3v) is 7.16. The molecule has 1 aliphatic heterocycles. The number of aryl methyl sites for hydroxylation is 1. The summed E-state index contributed by atoms with van der Waals surface area (Å²) in [6, 6.07) is 22.2. The van der Waals surface area contributed by atoms with E-state index >= 15 is 0 Å². The summed E-state index contributed by atoms with van der Waals surface area (Å²) in [4.78, 5) is 12.6. The molecule has 29 heavy (non-hydrogen) atoms. The Morgan fingerprint density at radius 2 is 1.69 bits per heavy atom. The van der Waals surface area contributed by atoms with Crippen LogP contribution in [0.25, 0.3) is 0 Å². The summed E-state index contributed by atoms with van der Waals surface area (Å²) in [7, 11) is -3.74. The van der Waals surface area contributed by atoms with E-state index in [1.54, 1.807) is 30.0 Å². The Kier molecular flexibility index (Phi) is 5.60. The molecule has 0 bridgehead atoms. The van der Waals surface area contributed by atoms with Gasteiger partial charge in [0.25, 0.3) is 10.0 Å². The van der Waals surface area contributed by atoms with Crippen LogP contribution in [-0.4, -0.2) is 14.3 Å². The molecule has 1 amide bonds. The fourth-order valence-corrected chi connectivity index (χ4v) is 5.30. The molecular weight excluding hydrogens is 404 g/mol. The zero-order valence-electron chi connectivity index (χ0n) is 15.6. The standard InChI is InChI=1S/C22H20N2O3S2/c25-22-13-10-17-14-18(11-12-19(17)23-22)29(26,27)24-20-8-4-5-9-21(20)28-15-16-6-2-1-3-7-16/h1-9,11-12,14,24H,10,13,15H2,(H,23,25). The highest BCUT2D eigenvalue weighted by Crippen LogP contribution is 2.32. The number of carbonyl (C=O) groups is 1. The molecule has 0 fully saturated rings. The minimum absolute atomic E-state index is 0.0457. The molecule has 0 unspecified atom stereocenters. The zero-order valence-corrected chi connectivity index (χ0v) is 17.2. The summed E-state index contributed by atoms with van der Waals surface area (Å²) in [6.07, 6.45) is 0.900. The molecule has 0 radical (unpaired) electrons. The van der Waals surface area contributed by atoms with Crippen LogP contribution in [0.2, 0.25) is 0 Å². The van der Waals surface area contributed by atoms with Crippen LogP contribution in [0.15, 0.2) is 82.6 Å². The van der Waals surface area contributed by atoms with Crippen molar-refractivity contribution in [1.82, 2.24) is 0 Å². The average molecular weight is 425 g/mol. The van der Waals surface area contributed by atoms with Crippen molar-refractivity contribution < 1.29 is 13.2 Å². The Hall–Kier alpha value is -2.77. The smallest absolute Gasteiger partial charge is 0.261 e. The highest BCUT2D eigenvalue weighted by molar-refractivity contribution is 7.98. The number of benzene rings is 3. The van der Waals surface area contributed by atoms with Gasteiger partial charge in [-0.15, -0.1) is 11.8 Å². The second-order valence-electron chi connectivity index (χ2n) is 6.74. The molecule has 0 saturated carbocycles. The molecule has 5 nitrogen and oxygen atoms in total. The zero-order chi connectivity index (χ0) is 20.3. The highest BCUT2D eigenvalue weighted by atomic mass is 32.2. The van der Waals surface area contributed by atoms with Crippen molar-refractivity contribution in [3.8, 4) is 0 Å². The van der Waals surface area contributed by atoms with E-state index in [4.69, 9.17) is 0 Å². The van der Waals surface area contributed by atoms with Crippen molar-refractivity contribution in [2.75, 3.05) is 10.0 Å². The number of amides is 1. The van der Waals surface area contributed by atoms with Gasteiger partial charge in [0, 0.05) is 22.8 Å². The minimum Gasteiger partial charge on any atom is -0.326 e. The average Bonchev–Trinajstić information content (AvgIpc) is 2.73. The van der Waals surface area contributed by atoms with Gasteiger partial charge < -0.3 is 5.32 Å². The lowest BCUT2D eigenvalue weighted by Gasteiger charge is -2.18. The Morgan fingerprint density at radius 3 is 2.52 bits per heavy atom. The van der Waals surface area contributed by atoms with E-state index in [-0.39, 0.29) is 10.8 Å². The number of anilines is 2. The summed E-state index contributed by atoms with van der Waals surface area (Å²) in [5, 5.41) is 2.77. The molecule has 0 aliphatic carbocycles. The molecule has 2 N–H and O–H groups in total. The van der Waals surface area contributed by atoms with Gasteiger partial charge >= 0.3 is 0 Å². The van der Waals surface area contributed by atoms with Gasteiger partial charge in [-0.2, -0.15) is 0 Å². The maximum absolute atomic E-state index is 13.0. The van der Waals surface area contributed by atoms with Crippen LogP contribution in [0.1, 0.15) is 17.5 Å². The van der Waals surface area contributed by atoms with Crippen molar-refractivity contribution in [2.24, 2.45) is 0 Å². The Balaban J connectivity index is 1.55. The van der Waals surface area contributed by atoms with Gasteiger partial charge in [-0.25, -0.2) is 8.42 Å². The van der Waals surface area contributed by atoms with E-state index in [1.807, 2.05) is 48.5 Å². The van der Waals surface area contributed by atoms with Crippen LogP contribution in [0.5, 0.6) is 0 Å². The second-order valence-corrected chi connectivity index (χ2v) is 9.44. The van der Waals surface area contributed by atoms with E-state index in [9.17, 15) is 13.2 Å². The number of sulfonamides is 1. The van der Waals surface area contributed by atoms with Crippen molar-refractivity contribution in [3.63, 3.8) is 0 Å². The van der Waals surface area contributed by atoms with E-state index in [2.05, 4.69) is 10.0 Å². The van der Waals surface area contributed by atoms with Gasteiger partial charge in [0.15, 0.2) is 0 Å². The van der Waals surface area contributed by atoms with Crippen LogP contribution in [0.4, 0.5) is 11.4 Å². The maximum atomic E-state index is 13.0. The molecule has 4 rings (SSSR count). The van der Waals surface area contributed by atoms with Crippen LogP contribution < -0.4 is 10.0 Å². The molecule has 0 spiro atoms.